The van der Waals surface area contributed by atoms with E-state index in [1.54, 1.807) is 6.07 Å². The molecule has 16 heavy (non-hydrogen) atoms. The molecule has 0 bridgehead atoms. The number of nitrogens with zero attached hydrogens (tertiary/aromatic N) is 1. The number of aromatic hydroxyl groups is 1. The zero-order valence-electron chi connectivity index (χ0n) is 9.77. The van der Waals surface area contributed by atoms with E-state index in [9.17, 15) is 5.11 Å². The van der Waals surface area contributed by atoms with Crippen LogP contribution in [0.4, 0.5) is 5.69 Å². The lowest BCUT2D eigenvalue weighted by Gasteiger charge is -2.21. The Morgan fingerprint density at radius 2 is 1.81 bits per heavy atom. The van der Waals surface area contributed by atoms with Crippen molar-refractivity contribution in [2.75, 3.05) is 18.0 Å². The lowest BCUT2D eigenvalue weighted by atomic mass is 10.1. The summed E-state index contributed by atoms with van der Waals surface area (Å²) in [6.45, 7) is 6.30. The second-order valence-corrected chi connectivity index (χ2v) is 3.85. The highest BCUT2D eigenvalue weighted by Gasteiger charge is 2.04. The van der Waals surface area contributed by atoms with Crippen LogP contribution in [0.15, 0.2) is 36.4 Å². The summed E-state index contributed by atoms with van der Waals surface area (Å²) in [5, 5.41) is 11.7. The molecule has 0 radical (unpaired) electrons. The van der Waals surface area contributed by atoms with Gasteiger partial charge in [-0.2, -0.15) is 0 Å². The van der Waals surface area contributed by atoms with E-state index in [-0.39, 0.29) is 0 Å². The standard InChI is InChI=1S/C14H17NO/c1-3-15(4-2)12-8-9-13-11(10-12)6-5-7-14(13)16/h5-10,16H,3-4H2,1-2H3. The summed E-state index contributed by atoms with van der Waals surface area (Å²) in [7, 11) is 0. The van der Waals surface area contributed by atoms with Gasteiger partial charge in [0.15, 0.2) is 0 Å². The highest BCUT2D eigenvalue weighted by atomic mass is 16.3. The molecule has 0 heterocycles. The van der Waals surface area contributed by atoms with Gasteiger partial charge in [-0.25, -0.2) is 0 Å². The Hall–Kier alpha value is -1.70. The summed E-state index contributed by atoms with van der Waals surface area (Å²) in [6, 6.07) is 11.8. The van der Waals surface area contributed by atoms with Crippen LogP contribution < -0.4 is 4.90 Å². The molecule has 0 atom stereocenters. The second kappa shape index (κ2) is 4.44. The van der Waals surface area contributed by atoms with Crippen LogP contribution >= 0.6 is 0 Å². The molecule has 0 aromatic heterocycles. The molecule has 0 saturated carbocycles. The Bertz CT molecular complexity index is 489. The van der Waals surface area contributed by atoms with E-state index in [0.717, 1.165) is 23.9 Å². The molecule has 2 aromatic carbocycles. The lowest BCUT2D eigenvalue weighted by Crippen LogP contribution is -2.21. The molecule has 2 nitrogen and oxygen atoms in total. The van der Waals surface area contributed by atoms with Gasteiger partial charge in [-0.05, 0) is 43.5 Å². The highest BCUT2D eigenvalue weighted by molar-refractivity contribution is 5.90. The quantitative estimate of drug-likeness (QED) is 0.848. The molecule has 84 valence electrons. The summed E-state index contributed by atoms with van der Waals surface area (Å²) in [6.07, 6.45) is 0. The Labute approximate surface area is 96.1 Å². The molecule has 2 rings (SSSR count). The van der Waals surface area contributed by atoms with Crippen LogP contribution in [0.5, 0.6) is 5.75 Å². The number of benzene rings is 2. The van der Waals surface area contributed by atoms with Crippen LogP contribution in [-0.2, 0) is 0 Å². The molecule has 0 unspecified atom stereocenters. The van der Waals surface area contributed by atoms with Crippen LogP contribution in [0, 0.1) is 0 Å². The van der Waals surface area contributed by atoms with Crippen LogP contribution in [-0.4, -0.2) is 18.2 Å². The molecule has 0 amide bonds. The Morgan fingerprint density at radius 3 is 2.50 bits per heavy atom. The molecule has 0 aliphatic heterocycles. The van der Waals surface area contributed by atoms with Gasteiger partial charge >= 0.3 is 0 Å². The van der Waals surface area contributed by atoms with E-state index in [1.807, 2.05) is 18.2 Å². The average molecular weight is 215 g/mol. The maximum atomic E-state index is 9.70. The van der Waals surface area contributed by atoms with Crippen LogP contribution in [0.1, 0.15) is 13.8 Å². The molecule has 0 spiro atoms. The van der Waals surface area contributed by atoms with E-state index < -0.39 is 0 Å². The Morgan fingerprint density at radius 1 is 1.06 bits per heavy atom. The zero-order chi connectivity index (χ0) is 11.5. The summed E-state index contributed by atoms with van der Waals surface area (Å²) in [5.41, 5.74) is 1.21. The van der Waals surface area contributed by atoms with Crippen molar-refractivity contribution < 1.29 is 5.11 Å². The van der Waals surface area contributed by atoms with E-state index in [0.29, 0.717) is 5.75 Å². The maximum absolute atomic E-state index is 9.70. The van der Waals surface area contributed by atoms with Gasteiger partial charge in [-0.3, -0.25) is 0 Å². The van der Waals surface area contributed by atoms with E-state index in [4.69, 9.17) is 0 Å². The van der Waals surface area contributed by atoms with Gasteiger partial charge in [0, 0.05) is 24.2 Å². The summed E-state index contributed by atoms with van der Waals surface area (Å²) >= 11 is 0. The minimum absolute atomic E-state index is 0.351. The molecule has 0 aliphatic carbocycles. The SMILES string of the molecule is CCN(CC)c1ccc2c(O)cccc2c1. The van der Waals surface area contributed by atoms with E-state index in [1.165, 1.54) is 5.69 Å². The van der Waals surface area contributed by atoms with Crippen molar-refractivity contribution >= 4 is 16.5 Å². The summed E-state index contributed by atoms with van der Waals surface area (Å²) < 4.78 is 0. The monoisotopic (exact) mass is 215 g/mol. The maximum Gasteiger partial charge on any atom is 0.123 e. The van der Waals surface area contributed by atoms with Crippen LogP contribution in [0.2, 0.25) is 0 Å². The molecular weight excluding hydrogens is 198 g/mol. The van der Waals surface area contributed by atoms with Crippen molar-refractivity contribution in [2.24, 2.45) is 0 Å². The first-order valence-electron chi connectivity index (χ1n) is 5.73. The molecule has 2 heteroatoms. The Kier molecular flexibility index (Phi) is 3.00. The van der Waals surface area contributed by atoms with Gasteiger partial charge in [0.25, 0.3) is 0 Å². The fourth-order valence-corrected chi connectivity index (χ4v) is 2.04. The van der Waals surface area contributed by atoms with Gasteiger partial charge in [0.2, 0.25) is 0 Å². The minimum atomic E-state index is 0.351. The van der Waals surface area contributed by atoms with Gasteiger partial charge < -0.3 is 10.0 Å². The van der Waals surface area contributed by atoms with Crippen molar-refractivity contribution in [1.82, 2.24) is 0 Å². The first-order valence-corrected chi connectivity index (χ1v) is 5.73. The average Bonchev–Trinajstić information content (AvgIpc) is 2.31. The normalized spacial score (nSPS) is 10.6. The number of rotatable bonds is 3. The van der Waals surface area contributed by atoms with Crippen molar-refractivity contribution in [3.63, 3.8) is 0 Å². The second-order valence-electron chi connectivity index (χ2n) is 3.85. The lowest BCUT2D eigenvalue weighted by molar-refractivity contribution is 0.481. The third-order valence-electron chi connectivity index (χ3n) is 2.97. The topological polar surface area (TPSA) is 23.5 Å². The minimum Gasteiger partial charge on any atom is -0.507 e. The number of phenolic OH excluding ortho intramolecular Hbond substituents is 1. The van der Waals surface area contributed by atoms with E-state index in [2.05, 4.69) is 30.9 Å². The first kappa shape index (κ1) is 10.8. The zero-order valence-corrected chi connectivity index (χ0v) is 9.77. The predicted molar refractivity (Wildman–Crippen MR) is 69.2 cm³/mol. The highest BCUT2D eigenvalue weighted by Crippen LogP contribution is 2.28. The van der Waals surface area contributed by atoms with Crippen LogP contribution in [0.3, 0.4) is 0 Å². The third-order valence-corrected chi connectivity index (χ3v) is 2.97. The van der Waals surface area contributed by atoms with Crippen molar-refractivity contribution in [1.29, 1.82) is 0 Å². The fraction of sp³-hybridized carbons (Fsp3) is 0.286. The first-order chi connectivity index (χ1) is 7.76. The fourth-order valence-electron chi connectivity index (χ4n) is 2.04. The number of hydrogen-bond acceptors (Lipinski definition) is 2. The molecule has 0 saturated heterocycles. The summed E-state index contributed by atoms with van der Waals surface area (Å²) in [5.74, 6) is 0.351. The van der Waals surface area contributed by atoms with Crippen molar-refractivity contribution in [3.05, 3.63) is 36.4 Å². The van der Waals surface area contributed by atoms with Gasteiger partial charge in [0.05, 0.1) is 0 Å². The number of fused-ring (bicyclic) bond motifs is 1. The van der Waals surface area contributed by atoms with Gasteiger partial charge in [0.1, 0.15) is 5.75 Å². The van der Waals surface area contributed by atoms with Crippen LogP contribution in [0.25, 0.3) is 10.8 Å². The smallest absolute Gasteiger partial charge is 0.123 e. The van der Waals surface area contributed by atoms with Gasteiger partial charge in [-0.15, -0.1) is 0 Å². The number of phenols is 1. The van der Waals surface area contributed by atoms with Gasteiger partial charge in [-0.1, -0.05) is 12.1 Å². The molecule has 1 N–H and O–H groups in total. The third kappa shape index (κ3) is 1.83. The van der Waals surface area contributed by atoms with Crippen molar-refractivity contribution in [3.8, 4) is 5.75 Å². The predicted octanol–water partition coefficient (Wildman–Crippen LogP) is 3.39. The van der Waals surface area contributed by atoms with Crippen molar-refractivity contribution in [2.45, 2.75) is 13.8 Å². The summed E-state index contributed by atoms with van der Waals surface area (Å²) in [4.78, 5) is 2.30. The molecule has 0 aliphatic rings. The number of hydrogen-bond donors (Lipinski definition) is 1. The molecule has 0 fully saturated rings. The Balaban J connectivity index is 2.52. The molecular formula is C14H17NO. The van der Waals surface area contributed by atoms with E-state index >= 15 is 0 Å². The largest absolute Gasteiger partial charge is 0.507 e. The number of anilines is 1. The molecule has 2 aromatic rings.